The zero-order valence-electron chi connectivity index (χ0n) is 12.3. The number of hydrogen-bond donors (Lipinski definition) is 0. The first kappa shape index (κ1) is 16.4. The Hall–Kier alpha value is -1.62. The first-order valence-electron chi connectivity index (χ1n) is 6.85. The fourth-order valence-corrected chi connectivity index (χ4v) is 1.81. The summed E-state index contributed by atoms with van der Waals surface area (Å²) in [6, 6.07) is 5.51. The molecule has 112 valence electrons. The van der Waals surface area contributed by atoms with Crippen LogP contribution in [0.2, 0.25) is 0 Å². The van der Waals surface area contributed by atoms with Crippen molar-refractivity contribution >= 4 is 5.97 Å². The van der Waals surface area contributed by atoms with Crippen molar-refractivity contribution in [2.24, 2.45) is 0 Å². The highest BCUT2D eigenvalue weighted by Crippen LogP contribution is 2.11. The van der Waals surface area contributed by atoms with Crippen molar-refractivity contribution in [1.29, 1.82) is 0 Å². The van der Waals surface area contributed by atoms with E-state index in [9.17, 15) is 9.18 Å². The number of ether oxygens (including phenoxy) is 2. The van der Waals surface area contributed by atoms with Crippen molar-refractivity contribution in [2.45, 2.75) is 26.9 Å². The van der Waals surface area contributed by atoms with Gasteiger partial charge in [-0.15, -0.1) is 0 Å². The lowest BCUT2D eigenvalue weighted by Gasteiger charge is -2.22. The number of carbonyl (C=O) groups is 1. The van der Waals surface area contributed by atoms with Crippen LogP contribution in [0.25, 0.3) is 0 Å². The third kappa shape index (κ3) is 6.02. The van der Waals surface area contributed by atoms with Crippen LogP contribution in [-0.4, -0.2) is 43.2 Å². The van der Waals surface area contributed by atoms with Crippen LogP contribution in [0.15, 0.2) is 24.3 Å². The Labute approximate surface area is 119 Å². The first-order chi connectivity index (χ1) is 9.55. The van der Waals surface area contributed by atoms with E-state index in [0.29, 0.717) is 12.3 Å². The van der Waals surface area contributed by atoms with Crippen molar-refractivity contribution in [3.05, 3.63) is 30.1 Å². The summed E-state index contributed by atoms with van der Waals surface area (Å²) in [7, 11) is 0. The molecule has 0 aliphatic carbocycles. The van der Waals surface area contributed by atoms with E-state index in [-0.39, 0.29) is 18.5 Å². The molecule has 0 fully saturated rings. The van der Waals surface area contributed by atoms with Gasteiger partial charge in [0.15, 0.2) is 6.61 Å². The van der Waals surface area contributed by atoms with Gasteiger partial charge < -0.3 is 14.4 Å². The van der Waals surface area contributed by atoms with E-state index in [1.54, 1.807) is 0 Å². The summed E-state index contributed by atoms with van der Waals surface area (Å²) < 4.78 is 23.2. The second-order valence-corrected chi connectivity index (χ2v) is 4.53. The van der Waals surface area contributed by atoms with E-state index >= 15 is 0 Å². The Morgan fingerprint density at radius 3 is 2.40 bits per heavy atom. The lowest BCUT2D eigenvalue weighted by molar-refractivity contribution is -0.151. The first-order valence-corrected chi connectivity index (χ1v) is 6.85. The number of nitrogens with zero attached hydrogens (tertiary/aromatic N) is 1. The topological polar surface area (TPSA) is 38.8 Å². The molecule has 0 unspecified atom stereocenters. The van der Waals surface area contributed by atoms with Crippen LogP contribution in [-0.2, 0) is 9.53 Å². The molecule has 20 heavy (non-hydrogen) atoms. The fourth-order valence-electron chi connectivity index (χ4n) is 1.81. The SMILES string of the molecule is CCN(CC)C[C@@H](C)OC(=O)COc1ccc(F)cc1. The average Bonchev–Trinajstić information content (AvgIpc) is 2.44. The van der Waals surface area contributed by atoms with Gasteiger partial charge >= 0.3 is 5.97 Å². The van der Waals surface area contributed by atoms with Gasteiger partial charge in [-0.1, -0.05) is 13.8 Å². The molecular weight excluding hydrogens is 261 g/mol. The lowest BCUT2D eigenvalue weighted by Crippen LogP contribution is -2.34. The Balaban J connectivity index is 2.30. The molecule has 0 aliphatic heterocycles. The second kappa shape index (κ2) is 8.53. The maximum Gasteiger partial charge on any atom is 0.344 e. The van der Waals surface area contributed by atoms with E-state index in [2.05, 4.69) is 18.7 Å². The minimum Gasteiger partial charge on any atom is -0.482 e. The van der Waals surface area contributed by atoms with Gasteiger partial charge in [0.2, 0.25) is 0 Å². The van der Waals surface area contributed by atoms with Crippen molar-refractivity contribution in [1.82, 2.24) is 4.90 Å². The van der Waals surface area contributed by atoms with Gasteiger partial charge in [-0.25, -0.2) is 9.18 Å². The summed E-state index contributed by atoms with van der Waals surface area (Å²) in [5.74, 6) is -0.318. The van der Waals surface area contributed by atoms with Gasteiger partial charge in [0.1, 0.15) is 17.7 Å². The van der Waals surface area contributed by atoms with Crippen molar-refractivity contribution in [3.8, 4) is 5.75 Å². The Morgan fingerprint density at radius 1 is 1.25 bits per heavy atom. The van der Waals surface area contributed by atoms with Gasteiger partial charge in [0.05, 0.1) is 0 Å². The van der Waals surface area contributed by atoms with Gasteiger partial charge in [-0.05, 0) is 44.3 Å². The van der Waals surface area contributed by atoms with Crippen molar-refractivity contribution in [2.75, 3.05) is 26.2 Å². The van der Waals surface area contributed by atoms with Gasteiger partial charge in [-0.2, -0.15) is 0 Å². The number of rotatable bonds is 8. The molecule has 0 spiro atoms. The Bertz CT molecular complexity index is 404. The van der Waals surface area contributed by atoms with Crippen LogP contribution in [0.5, 0.6) is 5.75 Å². The smallest absolute Gasteiger partial charge is 0.344 e. The second-order valence-electron chi connectivity index (χ2n) is 4.53. The fraction of sp³-hybridized carbons (Fsp3) is 0.533. The zero-order valence-corrected chi connectivity index (χ0v) is 12.3. The molecule has 0 heterocycles. The zero-order chi connectivity index (χ0) is 15.0. The van der Waals surface area contributed by atoms with Gasteiger partial charge in [-0.3, -0.25) is 0 Å². The van der Waals surface area contributed by atoms with E-state index in [4.69, 9.17) is 9.47 Å². The third-order valence-corrected chi connectivity index (χ3v) is 2.91. The molecule has 1 atom stereocenters. The molecule has 0 N–H and O–H groups in total. The van der Waals surface area contributed by atoms with Crippen molar-refractivity contribution in [3.63, 3.8) is 0 Å². The van der Waals surface area contributed by atoms with Crippen LogP contribution in [0.4, 0.5) is 4.39 Å². The van der Waals surface area contributed by atoms with E-state index in [1.807, 2.05) is 6.92 Å². The van der Waals surface area contributed by atoms with Crippen LogP contribution in [0.3, 0.4) is 0 Å². The molecule has 1 rings (SSSR count). The quantitative estimate of drug-likeness (QED) is 0.687. The molecule has 0 radical (unpaired) electrons. The highest BCUT2D eigenvalue weighted by atomic mass is 19.1. The maximum atomic E-state index is 12.7. The molecule has 0 aromatic heterocycles. The highest BCUT2D eigenvalue weighted by molar-refractivity contribution is 5.71. The molecular formula is C15H22FNO3. The minimum atomic E-state index is -0.422. The summed E-state index contributed by atoms with van der Waals surface area (Å²) in [5, 5.41) is 0. The molecule has 0 saturated carbocycles. The molecule has 0 aliphatic rings. The predicted molar refractivity (Wildman–Crippen MR) is 75.2 cm³/mol. The van der Waals surface area contributed by atoms with E-state index in [0.717, 1.165) is 13.1 Å². The number of hydrogen-bond acceptors (Lipinski definition) is 4. The molecule has 1 aromatic carbocycles. The summed E-state index contributed by atoms with van der Waals surface area (Å²) >= 11 is 0. The number of halogens is 1. The summed E-state index contributed by atoms with van der Waals surface area (Å²) in [4.78, 5) is 13.8. The third-order valence-electron chi connectivity index (χ3n) is 2.91. The molecule has 0 bridgehead atoms. The number of benzene rings is 1. The molecule has 0 saturated heterocycles. The maximum absolute atomic E-state index is 12.7. The highest BCUT2D eigenvalue weighted by Gasteiger charge is 2.13. The Kier molecular flexibility index (Phi) is 7.01. The van der Waals surface area contributed by atoms with Crippen molar-refractivity contribution < 1.29 is 18.7 Å². The van der Waals surface area contributed by atoms with E-state index < -0.39 is 5.97 Å². The molecule has 5 heteroatoms. The summed E-state index contributed by atoms with van der Waals surface area (Å²) in [6.45, 7) is 8.36. The summed E-state index contributed by atoms with van der Waals surface area (Å²) in [5.41, 5.74) is 0. The van der Waals surface area contributed by atoms with Gasteiger partial charge in [0.25, 0.3) is 0 Å². The largest absolute Gasteiger partial charge is 0.482 e. The standard InChI is InChI=1S/C15H22FNO3/c1-4-17(5-2)10-12(3)20-15(18)11-19-14-8-6-13(16)7-9-14/h6-9,12H,4-5,10-11H2,1-3H3/t12-/m1/s1. The van der Waals surface area contributed by atoms with Crippen LogP contribution < -0.4 is 4.74 Å². The van der Waals surface area contributed by atoms with Crippen LogP contribution in [0.1, 0.15) is 20.8 Å². The molecule has 4 nitrogen and oxygen atoms in total. The normalized spacial score (nSPS) is 12.2. The average molecular weight is 283 g/mol. The number of likely N-dealkylation sites (N-methyl/N-ethyl adjacent to an activating group) is 1. The summed E-state index contributed by atoms with van der Waals surface area (Å²) in [6.07, 6.45) is -0.181. The minimum absolute atomic E-state index is 0.172. The number of esters is 1. The van der Waals surface area contributed by atoms with Gasteiger partial charge in [0, 0.05) is 6.54 Å². The predicted octanol–water partition coefficient (Wildman–Crippen LogP) is 2.48. The van der Waals surface area contributed by atoms with Crippen LogP contribution in [0, 0.1) is 5.82 Å². The monoisotopic (exact) mass is 283 g/mol. The Morgan fingerprint density at radius 2 is 1.85 bits per heavy atom. The number of carbonyl (C=O) groups excluding carboxylic acids is 1. The molecule has 0 amide bonds. The molecule has 1 aromatic rings. The van der Waals surface area contributed by atoms with E-state index in [1.165, 1.54) is 24.3 Å². The van der Waals surface area contributed by atoms with Crippen LogP contribution >= 0.6 is 0 Å². The lowest BCUT2D eigenvalue weighted by atomic mass is 10.3.